The molecule has 4 rings (SSSR count). The van der Waals surface area contributed by atoms with Crippen molar-refractivity contribution in [2.45, 2.75) is 25.7 Å². The number of rotatable bonds is 9. The molecule has 0 aromatic heterocycles. The number of aryl methyl sites for hydroxylation is 2. The van der Waals surface area contributed by atoms with Gasteiger partial charge in [-0.25, -0.2) is 8.78 Å². The molecule has 0 amide bonds. The number of nitrogens with zero attached hydrogens (tertiary/aromatic N) is 2. The van der Waals surface area contributed by atoms with Crippen molar-refractivity contribution >= 4 is 50.7 Å². The quantitative estimate of drug-likeness (QED) is 0.127. The van der Waals surface area contributed by atoms with Crippen LogP contribution in [-0.4, -0.2) is 24.1 Å². The summed E-state index contributed by atoms with van der Waals surface area (Å²) in [6.45, 7) is 0. The molecule has 0 heterocycles. The predicted octanol–water partition coefficient (Wildman–Crippen LogP) is 10.2. The van der Waals surface area contributed by atoms with E-state index in [2.05, 4.69) is 15.9 Å². The molecule has 0 bridgehead atoms. The van der Waals surface area contributed by atoms with Crippen LogP contribution in [0, 0.1) is 40.2 Å². The maximum atomic E-state index is 12.8. The lowest BCUT2D eigenvalue weighted by Gasteiger charge is -2.08. The van der Waals surface area contributed by atoms with E-state index in [1.165, 1.54) is 29.8 Å². The first-order valence-electron chi connectivity index (χ1n) is 14.0. The van der Waals surface area contributed by atoms with E-state index in [9.17, 15) is 28.0 Å². The number of hydrogen-bond donors (Lipinski definition) is 0. The Balaban J connectivity index is 0.000000358. The minimum atomic E-state index is -1.00. The molecular formula is C35H30BrCl2F3N2O2. The molecule has 10 heteroatoms. The lowest BCUT2D eigenvalue weighted by Crippen LogP contribution is -2.14. The molecule has 0 radical (unpaired) electrons. The second-order valence-corrected chi connectivity index (χ2v) is 10.7. The third-order valence-corrected chi connectivity index (χ3v) is 6.84. The molecule has 234 valence electrons. The van der Waals surface area contributed by atoms with Crippen molar-refractivity contribution in [1.29, 1.82) is 10.5 Å². The van der Waals surface area contributed by atoms with E-state index < -0.39 is 13.1 Å². The monoisotopic (exact) mass is 717 g/mol. The van der Waals surface area contributed by atoms with Gasteiger partial charge in [0.25, 0.3) is 0 Å². The molecular weight excluding hydrogens is 688 g/mol. The normalized spacial score (nSPS) is 10.4. The lowest BCUT2D eigenvalue weighted by molar-refractivity contribution is 0.0943. The first-order chi connectivity index (χ1) is 22.1. The van der Waals surface area contributed by atoms with Crippen molar-refractivity contribution in [2.75, 3.05) is 12.5 Å². The van der Waals surface area contributed by atoms with E-state index in [4.69, 9.17) is 29.8 Å². The highest BCUT2D eigenvalue weighted by Gasteiger charge is 2.19. The van der Waals surface area contributed by atoms with Crippen LogP contribution >= 0.6 is 39.1 Å². The third kappa shape index (κ3) is 15.6. The number of halogens is 6. The van der Waals surface area contributed by atoms with Crippen LogP contribution in [0.2, 0.25) is 10.0 Å². The SMILES string of the molecule is Fc1ccc(CCBr)cc1.N#CC(CCc1ccc(F)cc1)C(=O)c1ccc(Cl)cc1.N#CCC(=O)c1ccc(Cl)cc1.[2H]CF. The zero-order valence-corrected chi connectivity index (χ0v) is 27.1. The van der Waals surface area contributed by atoms with Crippen molar-refractivity contribution in [3.05, 3.63) is 141 Å². The molecule has 4 nitrogen and oxygen atoms in total. The van der Waals surface area contributed by atoms with Crippen LogP contribution in [-0.2, 0) is 12.8 Å². The van der Waals surface area contributed by atoms with Gasteiger partial charge in [-0.05, 0) is 103 Å². The molecule has 0 aliphatic rings. The number of carbonyl (C=O) groups is 2. The summed E-state index contributed by atoms with van der Waals surface area (Å²) < 4.78 is 40.6. The number of nitriles is 2. The van der Waals surface area contributed by atoms with E-state index >= 15 is 0 Å². The smallest absolute Gasteiger partial charge is 0.179 e. The van der Waals surface area contributed by atoms with Crippen LogP contribution in [0.3, 0.4) is 0 Å². The second kappa shape index (κ2) is 22.5. The maximum absolute atomic E-state index is 12.8. The van der Waals surface area contributed by atoms with Crippen molar-refractivity contribution in [3.8, 4) is 12.1 Å². The van der Waals surface area contributed by atoms with E-state index in [-0.39, 0.29) is 29.6 Å². The van der Waals surface area contributed by atoms with Gasteiger partial charge in [0.2, 0.25) is 0 Å². The Morgan fingerprint density at radius 1 is 0.778 bits per heavy atom. The summed E-state index contributed by atoms with van der Waals surface area (Å²) in [6, 6.07) is 29.5. The number of Topliss-reactive ketones (excluding diaryl/α,β-unsaturated/α-hetero) is 2. The molecule has 1 unspecified atom stereocenters. The third-order valence-electron chi connectivity index (χ3n) is 5.94. The summed E-state index contributed by atoms with van der Waals surface area (Å²) in [5.41, 5.74) is 3.07. The molecule has 45 heavy (non-hydrogen) atoms. The van der Waals surface area contributed by atoms with Gasteiger partial charge < -0.3 is 0 Å². The second-order valence-electron chi connectivity index (χ2n) is 9.05. The fourth-order valence-electron chi connectivity index (χ4n) is 3.60. The van der Waals surface area contributed by atoms with Crippen LogP contribution in [0.15, 0.2) is 97.1 Å². The Hall–Kier alpha value is -3.95. The number of hydrogen-bond acceptors (Lipinski definition) is 4. The topological polar surface area (TPSA) is 81.7 Å². The molecule has 4 aromatic carbocycles. The van der Waals surface area contributed by atoms with Crippen molar-refractivity contribution in [3.63, 3.8) is 0 Å². The zero-order chi connectivity index (χ0) is 34.3. The largest absolute Gasteiger partial charge is 0.293 e. The molecule has 0 spiro atoms. The Bertz CT molecular complexity index is 1560. The fraction of sp³-hybridized carbons (Fsp3) is 0.200. The van der Waals surface area contributed by atoms with Crippen LogP contribution < -0.4 is 0 Å². The van der Waals surface area contributed by atoms with Gasteiger partial charge >= 0.3 is 0 Å². The minimum Gasteiger partial charge on any atom is -0.293 e. The minimum absolute atomic E-state index is 0.0817. The highest BCUT2D eigenvalue weighted by atomic mass is 79.9. The van der Waals surface area contributed by atoms with Crippen LogP contribution in [0.25, 0.3) is 0 Å². The van der Waals surface area contributed by atoms with Gasteiger partial charge in [-0.1, -0.05) is 63.4 Å². The van der Waals surface area contributed by atoms with Gasteiger partial charge in [0, 0.05) is 26.5 Å². The van der Waals surface area contributed by atoms with Gasteiger partial charge in [0.15, 0.2) is 11.6 Å². The average molecular weight is 719 g/mol. The van der Waals surface area contributed by atoms with Gasteiger partial charge in [-0.3, -0.25) is 14.0 Å². The summed E-state index contributed by atoms with van der Waals surface area (Å²) >= 11 is 14.7. The Morgan fingerprint density at radius 3 is 1.60 bits per heavy atom. The number of alkyl halides is 2. The van der Waals surface area contributed by atoms with Crippen molar-refractivity contribution in [2.24, 2.45) is 5.92 Å². The molecule has 4 aromatic rings. The van der Waals surface area contributed by atoms with Gasteiger partial charge in [-0.15, -0.1) is 0 Å². The molecule has 0 aliphatic carbocycles. The molecule has 0 aliphatic heterocycles. The van der Waals surface area contributed by atoms with Crippen LogP contribution in [0.4, 0.5) is 13.2 Å². The number of ketones is 2. The van der Waals surface area contributed by atoms with Gasteiger partial charge in [-0.2, -0.15) is 10.5 Å². The standard InChI is InChI=1S/C17H13ClFNO.C9H6ClNO.C8H8BrF.CH3F/c18-15-7-5-13(6-8-15)17(21)14(11-20)4-1-12-2-9-16(19)10-3-12;10-8-3-1-7(2-4-8)9(12)5-6-11;9-6-5-7-1-3-8(10)4-2-7;1-2/h2-3,5-10,14H,1,4H2;1-4H,5H2;1-4H,5-6H2;1H3/i;;;1D. The molecule has 0 saturated heterocycles. The van der Waals surface area contributed by atoms with E-state index in [1.807, 2.05) is 6.07 Å². The molecule has 1 atom stereocenters. The highest BCUT2D eigenvalue weighted by molar-refractivity contribution is 9.09. The lowest BCUT2D eigenvalue weighted by atomic mass is 9.93. The van der Waals surface area contributed by atoms with Crippen LogP contribution in [0.5, 0.6) is 0 Å². The van der Waals surface area contributed by atoms with Crippen LogP contribution in [0.1, 0.15) is 46.1 Å². The summed E-state index contributed by atoms with van der Waals surface area (Å²) in [7, 11) is -1.00. The fourth-order valence-corrected chi connectivity index (χ4v) is 4.31. The maximum Gasteiger partial charge on any atom is 0.179 e. The van der Waals surface area contributed by atoms with Gasteiger partial charge in [0.05, 0.1) is 27.1 Å². The first kappa shape index (κ1) is 37.2. The Morgan fingerprint density at radius 2 is 1.20 bits per heavy atom. The predicted molar refractivity (Wildman–Crippen MR) is 177 cm³/mol. The highest BCUT2D eigenvalue weighted by Crippen LogP contribution is 2.18. The summed E-state index contributed by atoms with van der Waals surface area (Å²) in [6.07, 6.45) is 1.84. The number of benzene rings is 4. The molecule has 0 saturated carbocycles. The van der Waals surface area contributed by atoms with Crippen molar-refractivity contribution in [1.82, 2.24) is 0 Å². The summed E-state index contributed by atoms with van der Waals surface area (Å²) in [5, 5.41) is 19.5. The zero-order valence-electron chi connectivity index (χ0n) is 25.0. The Labute approximate surface area is 281 Å². The first-order valence-corrected chi connectivity index (χ1v) is 15.2. The summed E-state index contributed by atoms with van der Waals surface area (Å²) in [5.74, 6) is -1.56. The average Bonchev–Trinajstić information content (AvgIpc) is 3.05. The van der Waals surface area contributed by atoms with Gasteiger partial charge in [0.1, 0.15) is 17.6 Å². The summed E-state index contributed by atoms with van der Waals surface area (Å²) in [4.78, 5) is 23.3. The Kier molecular flexibility index (Phi) is 18.7. The molecule has 0 N–H and O–H groups in total. The molecule has 0 fully saturated rings. The van der Waals surface area contributed by atoms with E-state index in [1.54, 1.807) is 78.9 Å². The number of carbonyl (C=O) groups excluding carboxylic acids is 2. The van der Waals surface area contributed by atoms with Crippen molar-refractivity contribution < 1.29 is 24.1 Å². The van der Waals surface area contributed by atoms with E-state index in [0.29, 0.717) is 34.0 Å². The van der Waals surface area contributed by atoms with E-state index in [0.717, 1.165) is 17.3 Å².